The van der Waals surface area contributed by atoms with E-state index in [0.717, 1.165) is 17.8 Å². The number of anilines is 2. The van der Waals surface area contributed by atoms with Gasteiger partial charge in [0.05, 0.1) is 6.42 Å². The zero-order valence-electron chi connectivity index (χ0n) is 12.1. The van der Waals surface area contributed by atoms with Crippen LogP contribution in [0.2, 0.25) is 0 Å². The summed E-state index contributed by atoms with van der Waals surface area (Å²) in [7, 11) is 0. The Bertz CT molecular complexity index is 744. The molecule has 1 unspecified atom stereocenters. The van der Waals surface area contributed by atoms with Crippen LogP contribution in [0.4, 0.5) is 11.4 Å². The van der Waals surface area contributed by atoms with Crippen LogP contribution in [0.3, 0.4) is 0 Å². The van der Waals surface area contributed by atoms with Gasteiger partial charge in [0.15, 0.2) is 23.8 Å². The van der Waals surface area contributed by atoms with Crippen LogP contribution in [0.1, 0.15) is 16.5 Å². The number of nitrogens with one attached hydrogen (secondary N) is 1. The predicted octanol–water partition coefficient (Wildman–Crippen LogP) is 4.51. The first-order valence-corrected chi connectivity index (χ1v) is 8.31. The third-order valence-electron chi connectivity index (χ3n) is 3.88. The fraction of sp³-hybridized carbons (Fsp3) is 0.105. The van der Waals surface area contributed by atoms with E-state index in [1.165, 1.54) is 11.3 Å². The molecule has 2 aromatic carbocycles. The summed E-state index contributed by atoms with van der Waals surface area (Å²) in [5.74, 6) is 0. The first-order valence-electron chi connectivity index (χ1n) is 7.47. The summed E-state index contributed by atoms with van der Waals surface area (Å²) in [6.45, 7) is 0. The fourth-order valence-electron chi connectivity index (χ4n) is 2.74. The lowest BCUT2D eigenvalue weighted by Gasteiger charge is -2.08. The maximum Gasteiger partial charge on any atom is 0.197 e. The van der Waals surface area contributed by atoms with Gasteiger partial charge in [-0.2, -0.15) is 0 Å². The smallest absolute Gasteiger partial charge is 0.197 e. The summed E-state index contributed by atoms with van der Waals surface area (Å²) in [5.41, 5.74) is 5.02. The molecule has 0 saturated heterocycles. The molecule has 1 N–H and O–H groups in total. The maximum absolute atomic E-state index is 3.43. The Hall–Kier alpha value is -2.26. The molecule has 1 aromatic heterocycles. The number of pyridine rings is 1. The van der Waals surface area contributed by atoms with Gasteiger partial charge >= 0.3 is 0 Å². The number of aromatic nitrogens is 1. The van der Waals surface area contributed by atoms with Crippen LogP contribution >= 0.6 is 11.9 Å². The number of hydrogen-bond donors (Lipinski definition) is 1. The van der Waals surface area contributed by atoms with Gasteiger partial charge < -0.3 is 5.32 Å². The Kier molecular flexibility index (Phi) is 3.57. The molecule has 1 atom stereocenters. The van der Waals surface area contributed by atoms with Gasteiger partial charge in [0.25, 0.3) is 0 Å². The van der Waals surface area contributed by atoms with E-state index >= 15 is 0 Å². The summed E-state index contributed by atoms with van der Waals surface area (Å²) in [6.07, 6.45) is 3.24. The molecule has 1 aliphatic heterocycles. The van der Waals surface area contributed by atoms with Gasteiger partial charge in [-0.15, -0.1) is 3.97 Å². The van der Waals surface area contributed by atoms with E-state index in [1.807, 2.05) is 30.1 Å². The lowest BCUT2D eigenvalue weighted by molar-refractivity contribution is -0.498. The minimum Gasteiger partial charge on any atom is -0.356 e. The van der Waals surface area contributed by atoms with Gasteiger partial charge in [0.2, 0.25) is 0 Å². The highest BCUT2D eigenvalue weighted by Gasteiger charge is 2.31. The van der Waals surface area contributed by atoms with Crippen molar-refractivity contribution in [2.75, 3.05) is 5.32 Å². The van der Waals surface area contributed by atoms with Crippen LogP contribution < -0.4 is 9.29 Å². The molecule has 0 amide bonds. The van der Waals surface area contributed by atoms with Crippen LogP contribution in [-0.4, -0.2) is 0 Å². The number of hydrogen-bond acceptors (Lipinski definition) is 2. The zero-order valence-corrected chi connectivity index (χ0v) is 13.0. The van der Waals surface area contributed by atoms with E-state index in [9.17, 15) is 0 Å². The van der Waals surface area contributed by atoms with Gasteiger partial charge in [-0.3, -0.25) is 0 Å². The highest BCUT2D eigenvalue weighted by molar-refractivity contribution is 7.93. The normalized spacial score (nSPS) is 16.3. The van der Waals surface area contributed by atoms with E-state index in [-0.39, 0.29) is 0 Å². The van der Waals surface area contributed by atoms with Crippen LogP contribution in [0, 0.1) is 0 Å². The summed E-state index contributed by atoms with van der Waals surface area (Å²) in [4.78, 5) is 0. The van der Waals surface area contributed by atoms with Gasteiger partial charge in [-0.1, -0.05) is 36.4 Å². The molecule has 22 heavy (non-hydrogen) atoms. The molecule has 0 saturated carbocycles. The summed E-state index contributed by atoms with van der Waals surface area (Å²) >= 11 is 1.90. The molecule has 2 nitrogen and oxygen atoms in total. The molecule has 0 spiro atoms. The lowest BCUT2D eigenvalue weighted by atomic mass is 10.1. The quantitative estimate of drug-likeness (QED) is 0.716. The zero-order chi connectivity index (χ0) is 14.8. The van der Waals surface area contributed by atoms with Crippen LogP contribution in [-0.2, 0) is 6.42 Å². The van der Waals surface area contributed by atoms with Crippen molar-refractivity contribution in [3.05, 3.63) is 90.3 Å². The molecule has 0 radical (unpaired) electrons. The van der Waals surface area contributed by atoms with Gasteiger partial charge in [0.1, 0.15) is 5.25 Å². The summed E-state index contributed by atoms with van der Waals surface area (Å²) in [5, 5.41) is 3.93. The van der Waals surface area contributed by atoms with Crippen molar-refractivity contribution in [1.82, 2.24) is 0 Å². The van der Waals surface area contributed by atoms with Crippen LogP contribution in [0.25, 0.3) is 0 Å². The fourth-order valence-corrected chi connectivity index (χ4v) is 3.95. The second-order valence-corrected chi connectivity index (χ2v) is 6.60. The van der Waals surface area contributed by atoms with Crippen LogP contribution in [0.15, 0.2) is 79.0 Å². The number of para-hydroxylation sites is 1. The minimum atomic E-state index is 0.508. The lowest BCUT2D eigenvalue weighted by Crippen LogP contribution is -2.24. The number of fused-ring (bicyclic) bond motifs is 1. The Balaban J connectivity index is 1.49. The monoisotopic (exact) mass is 305 g/mol. The largest absolute Gasteiger partial charge is 0.356 e. The number of benzene rings is 2. The number of rotatable bonds is 3. The van der Waals surface area contributed by atoms with Gasteiger partial charge in [-0.05, 0) is 29.8 Å². The van der Waals surface area contributed by atoms with E-state index < -0.39 is 0 Å². The van der Waals surface area contributed by atoms with Crippen LogP contribution in [0.5, 0.6) is 0 Å². The second kappa shape index (κ2) is 5.85. The van der Waals surface area contributed by atoms with Crippen molar-refractivity contribution < 1.29 is 3.97 Å². The third-order valence-corrected chi connectivity index (χ3v) is 5.16. The average Bonchev–Trinajstić information content (AvgIpc) is 3.00. The van der Waals surface area contributed by atoms with Gasteiger partial charge in [0, 0.05) is 23.5 Å². The molecule has 4 rings (SSSR count). The first-order chi connectivity index (χ1) is 10.9. The Morgan fingerprint density at radius 3 is 2.32 bits per heavy atom. The van der Waals surface area contributed by atoms with E-state index in [4.69, 9.17) is 0 Å². The topological polar surface area (TPSA) is 15.9 Å². The highest BCUT2D eigenvalue weighted by atomic mass is 32.2. The summed E-state index contributed by atoms with van der Waals surface area (Å²) < 4.78 is 2.28. The SMILES string of the molecule is c1ccc(Nc2ccc(C3Cc4cccc[n+]4S3)cc2)cc1. The molecule has 0 aliphatic carbocycles. The Labute approximate surface area is 135 Å². The molecular weight excluding hydrogens is 288 g/mol. The van der Waals surface area contributed by atoms with E-state index in [1.54, 1.807) is 0 Å². The first kappa shape index (κ1) is 13.4. The molecule has 0 bridgehead atoms. The Morgan fingerprint density at radius 1 is 0.818 bits per heavy atom. The molecule has 3 aromatic rings. The molecular formula is C19H17N2S+. The van der Waals surface area contributed by atoms with E-state index in [2.05, 4.69) is 70.1 Å². The molecule has 3 heteroatoms. The molecule has 2 heterocycles. The predicted molar refractivity (Wildman–Crippen MR) is 92.2 cm³/mol. The van der Waals surface area contributed by atoms with Crippen molar-refractivity contribution in [3.8, 4) is 0 Å². The van der Waals surface area contributed by atoms with Gasteiger partial charge in [-0.25, -0.2) is 0 Å². The maximum atomic E-state index is 3.43. The summed E-state index contributed by atoms with van der Waals surface area (Å²) in [6, 6.07) is 25.5. The molecule has 0 fully saturated rings. The average molecular weight is 305 g/mol. The van der Waals surface area contributed by atoms with Crippen molar-refractivity contribution in [3.63, 3.8) is 0 Å². The van der Waals surface area contributed by atoms with Crippen molar-refractivity contribution in [1.29, 1.82) is 0 Å². The van der Waals surface area contributed by atoms with Crippen molar-refractivity contribution in [2.24, 2.45) is 0 Å². The molecule has 1 aliphatic rings. The Morgan fingerprint density at radius 2 is 1.55 bits per heavy atom. The van der Waals surface area contributed by atoms with E-state index in [0.29, 0.717) is 5.25 Å². The van der Waals surface area contributed by atoms with Crippen molar-refractivity contribution >= 4 is 23.3 Å². The molecule has 108 valence electrons. The second-order valence-electron chi connectivity index (χ2n) is 5.43. The standard InChI is InChI=1S/C19H17N2S/c1-2-6-16(7-3-1)20-17-11-9-15(10-12-17)19-14-18-8-4-5-13-21(18)22-19/h1-13,19-20H,14H2/q+1. The van der Waals surface area contributed by atoms with Crippen molar-refractivity contribution in [2.45, 2.75) is 11.7 Å². The minimum absolute atomic E-state index is 0.508. The third kappa shape index (κ3) is 2.72. The highest BCUT2D eigenvalue weighted by Crippen LogP contribution is 2.35. The number of nitrogens with zero attached hydrogens (tertiary/aromatic N) is 1.